The maximum absolute atomic E-state index is 11.6. The molecule has 1 aromatic heterocycles. The number of guanidine groups is 1. The average Bonchev–Trinajstić information content (AvgIpc) is 3.37. The van der Waals surface area contributed by atoms with Gasteiger partial charge < -0.3 is 15.1 Å². The summed E-state index contributed by atoms with van der Waals surface area (Å²) in [5.74, 6) is 1.48. The van der Waals surface area contributed by atoms with Crippen molar-refractivity contribution in [3.05, 3.63) is 60.1 Å². The second-order valence-corrected chi connectivity index (χ2v) is 11.6. The molecule has 0 spiro atoms. The molecule has 3 N–H and O–H groups in total. The van der Waals surface area contributed by atoms with Crippen LogP contribution in [0, 0.1) is 5.92 Å². The molecule has 38 heavy (non-hydrogen) atoms. The average molecular weight is 542 g/mol. The normalized spacial score (nSPS) is 23.0. The molecule has 3 aliphatic rings. The third-order valence-electron chi connectivity index (χ3n) is 6.58. The Labute approximate surface area is 226 Å². The van der Waals surface area contributed by atoms with E-state index < -0.39 is 10.0 Å². The number of sulfonamides is 1. The molecule has 1 aromatic rings. The molecule has 2 unspecified atom stereocenters. The summed E-state index contributed by atoms with van der Waals surface area (Å²) in [4.78, 5) is 18.3. The summed E-state index contributed by atoms with van der Waals surface area (Å²) in [7, 11) is -1.13. The number of aliphatic imine (C=N–C) groups is 1. The lowest BCUT2D eigenvalue weighted by Gasteiger charge is -2.34. The molecule has 0 bridgehead atoms. The van der Waals surface area contributed by atoms with Gasteiger partial charge in [0, 0.05) is 45.0 Å². The topological polar surface area (TPSA) is 118 Å². The van der Waals surface area contributed by atoms with Crippen molar-refractivity contribution in [1.29, 1.82) is 0 Å². The van der Waals surface area contributed by atoms with E-state index in [-0.39, 0.29) is 12.0 Å². The van der Waals surface area contributed by atoms with Gasteiger partial charge in [-0.1, -0.05) is 44.2 Å². The van der Waals surface area contributed by atoms with Gasteiger partial charge in [0.05, 0.1) is 17.6 Å². The predicted molar refractivity (Wildman–Crippen MR) is 152 cm³/mol. The lowest BCUT2D eigenvalue weighted by molar-refractivity contribution is 0.207. The third-order valence-corrected chi connectivity index (χ3v) is 7.29. The standard InChI is InChI=1S/C26H39N9O2S/c1-5-7-22(35-19-29-26(31-35)34-16-14-33(3)15-17-34)8-6-12-27-25-28-13-11-24(30-25)21-9-10-23(20(2)18-21)32-38(4,36)37/h6-11,13,18,20,23,32H,5,12,14-17,19H2,1-4H3,(H,29,31)(H,27,28,30)/b8-6-,22-7+. The van der Waals surface area contributed by atoms with Gasteiger partial charge in [-0.15, -0.1) is 0 Å². The highest BCUT2D eigenvalue weighted by atomic mass is 32.2. The van der Waals surface area contributed by atoms with Crippen LogP contribution in [0.1, 0.15) is 26.0 Å². The van der Waals surface area contributed by atoms with Crippen LogP contribution in [0.3, 0.4) is 0 Å². The molecule has 1 saturated heterocycles. The van der Waals surface area contributed by atoms with Crippen molar-refractivity contribution in [2.24, 2.45) is 10.9 Å². The van der Waals surface area contributed by atoms with Crippen molar-refractivity contribution in [3.63, 3.8) is 0 Å². The smallest absolute Gasteiger partial charge is 0.223 e. The van der Waals surface area contributed by atoms with Crippen LogP contribution in [0.4, 0.5) is 5.95 Å². The fourth-order valence-electron chi connectivity index (χ4n) is 4.47. The Kier molecular flexibility index (Phi) is 9.18. The number of hydrazine groups is 1. The molecule has 0 saturated carbocycles. The van der Waals surface area contributed by atoms with Crippen molar-refractivity contribution in [1.82, 2.24) is 34.9 Å². The number of rotatable bonds is 9. The van der Waals surface area contributed by atoms with Crippen LogP contribution in [-0.2, 0) is 10.0 Å². The summed E-state index contributed by atoms with van der Waals surface area (Å²) in [6, 6.07) is 1.59. The number of nitrogens with zero attached hydrogens (tertiary/aromatic N) is 6. The van der Waals surface area contributed by atoms with Crippen molar-refractivity contribution in [2.45, 2.75) is 26.3 Å². The lowest BCUT2D eigenvalue weighted by atomic mass is 9.92. The number of hydrogen-bond acceptors (Lipinski definition) is 10. The zero-order valence-corrected chi connectivity index (χ0v) is 23.4. The summed E-state index contributed by atoms with van der Waals surface area (Å²) in [5, 5.41) is 5.34. The summed E-state index contributed by atoms with van der Waals surface area (Å²) in [5.41, 5.74) is 6.25. The maximum atomic E-state index is 11.6. The van der Waals surface area contributed by atoms with Crippen LogP contribution in [0.15, 0.2) is 59.4 Å². The lowest BCUT2D eigenvalue weighted by Crippen LogP contribution is -2.52. The molecule has 2 aliphatic heterocycles. The zero-order valence-electron chi connectivity index (χ0n) is 22.6. The minimum atomic E-state index is -3.28. The van der Waals surface area contributed by atoms with Crippen LogP contribution < -0.4 is 15.5 Å². The van der Waals surface area contributed by atoms with Gasteiger partial charge in [-0.25, -0.2) is 28.1 Å². The molecule has 12 heteroatoms. The first-order chi connectivity index (χ1) is 18.2. The van der Waals surface area contributed by atoms with E-state index in [4.69, 9.17) is 4.99 Å². The predicted octanol–water partition coefficient (Wildman–Crippen LogP) is 1.63. The van der Waals surface area contributed by atoms with Crippen LogP contribution in [-0.4, -0.2) is 97.9 Å². The number of aromatic nitrogens is 2. The fourth-order valence-corrected chi connectivity index (χ4v) is 5.25. The van der Waals surface area contributed by atoms with Gasteiger partial charge in [0.25, 0.3) is 0 Å². The molecular formula is C26H39N9O2S. The first-order valence-electron chi connectivity index (χ1n) is 13.1. The monoisotopic (exact) mass is 541 g/mol. The Morgan fingerprint density at radius 2 is 2.05 bits per heavy atom. The number of likely N-dealkylation sites (N-methyl/N-ethyl adjacent to an activating group) is 1. The third kappa shape index (κ3) is 7.65. The van der Waals surface area contributed by atoms with E-state index in [2.05, 4.69) is 72.4 Å². The van der Waals surface area contributed by atoms with Crippen LogP contribution in [0.5, 0.6) is 0 Å². The van der Waals surface area contributed by atoms with Gasteiger partial charge in [0.1, 0.15) is 6.67 Å². The minimum absolute atomic E-state index is 0.00255. The van der Waals surface area contributed by atoms with Crippen molar-refractivity contribution >= 4 is 27.5 Å². The Balaban J connectivity index is 1.31. The summed E-state index contributed by atoms with van der Waals surface area (Å²) >= 11 is 0. The van der Waals surface area contributed by atoms with Gasteiger partial charge in [0.15, 0.2) is 0 Å². The number of allylic oxidation sites excluding steroid dienone is 4. The minimum Gasteiger partial charge on any atom is -0.351 e. The zero-order chi connectivity index (χ0) is 27.1. The number of nitrogens with one attached hydrogen (secondary N) is 3. The maximum Gasteiger partial charge on any atom is 0.223 e. The highest BCUT2D eigenvalue weighted by Gasteiger charge is 2.24. The molecule has 1 aliphatic carbocycles. The summed E-state index contributed by atoms with van der Waals surface area (Å²) in [6.45, 7) is 9.29. The number of piperazine rings is 1. The van der Waals surface area contributed by atoms with Crippen LogP contribution >= 0.6 is 0 Å². The van der Waals surface area contributed by atoms with E-state index in [9.17, 15) is 8.42 Å². The van der Waals surface area contributed by atoms with Gasteiger partial charge in [0.2, 0.25) is 21.9 Å². The molecular weight excluding hydrogens is 502 g/mol. The van der Waals surface area contributed by atoms with Crippen molar-refractivity contribution in [3.8, 4) is 0 Å². The Bertz CT molecular complexity index is 1230. The largest absolute Gasteiger partial charge is 0.351 e. The van der Waals surface area contributed by atoms with E-state index in [1.165, 1.54) is 6.26 Å². The summed E-state index contributed by atoms with van der Waals surface area (Å²) in [6.07, 6.45) is 15.9. The molecule has 3 heterocycles. The SMILES string of the molecule is CC/C=C(\C=C/CNc1nccc(C2=CC(C)C(NS(C)(=O)=O)C=C2)n1)N1CN=C(N2CCN(C)CC2)N1. The Morgan fingerprint density at radius 1 is 1.26 bits per heavy atom. The van der Waals surface area contributed by atoms with E-state index in [0.717, 1.165) is 55.5 Å². The first kappa shape index (κ1) is 27.8. The van der Waals surface area contributed by atoms with Gasteiger partial charge >= 0.3 is 0 Å². The van der Waals surface area contributed by atoms with Crippen molar-refractivity contribution in [2.75, 3.05) is 58.0 Å². The highest BCUT2D eigenvalue weighted by molar-refractivity contribution is 7.88. The van der Waals surface area contributed by atoms with Crippen LogP contribution in [0.2, 0.25) is 0 Å². The van der Waals surface area contributed by atoms with E-state index in [1.807, 2.05) is 31.2 Å². The molecule has 4 rings (SSSR count). The van der Waals surface area contributed by atoms with Crippen molar-refractivity contribution < 1.29 is 8.42 Å². The summed E-state index contributed by atoms with van der Waals surface area (Å²) < 4.78 is 25.8. The van der Waals surface area contributed by atoms with E-state index >= 15 is 0 Å². The molecule has 0 radical (unpaired) electrons. The Morgan fingerprint density at radius 3 is 2.76 bits per heavy atom. The highest BCUT2D eigenvalue weighted by Crippen LogP contribution is 2.24. The van der Waals surface area contributed by atoms with E-state index in [1.54, 1.807) is 6.20 Å². The quantitative estimate of drug-likeness (QED) is 0.401. The van der Waals surface area contributed by atoms with Gasteiger partial charge in [-0.3, -0.25) is 10.4 Å². The Hall–Kier alpha value is -3.22. The molecule has 11 nitrogen and oxygen atoms in total. The van der Waals surface area contributed by atoms with Gasteiger partial charge in [-0.2, -0.15) is 0 Å². The number of anilines is 1. The molecule has 206 valence electrons. The van der Waals surface area contributed by atoms with Crippen LogP contribution in [0.25, 0.3) is 5.57 Å². The van der Waals surface area contributed by atoms with Gasteiger partial charge in [-0.05, 0) is 37.1 Å². The molecule has 0 amide bonds. The second-order valence-electron chi connectivity index (χ2n) is 9.80. The molecule has 2 atom stereocenters. The number of hydrogen-bond donors (Lipinski definition) is 3. The first-order valence-corrected chi connectivity index (χ1v) is 14.9. The second kappa shape index (κ2) is 12.5. The van der Waals surface area contributed by atoms with E-state index in [0.29, 0.717) is 19.2 Å². The molecule has 0 aromatic carbocycles. The molecule has 1 fully saturated rings. The fraction of sp³-hybridized carbons (Fsp3) is 0.500.